The van der Waals surface area contributed by atoms with Crippen LogP contribution in [0.25, 0.3) is 10.9 Å². The Labute approximate surface area is 151 Å². The number of amides is 2. The summed E-state index contributed by atoms with van der Waals surface area (Å²) in [7, 11) is 0. The van der Waals surface area contributed by atoms with Gasteiger partial charge in [-0.1, -0.05) is 24.3 Å². The van der Waals surface area contributed by atoms with Crippen LogP contribution < -0.4 is 5.32 Å². The number of rotatable bonds is 4. The molecule has 1 aliphatic heterocycles. The molecule has 4 rings (SSSR count). The summed E-state index contributed by atoms with van der Waals surface area (Å²) in [5.41, 5.74) is 3.07. The van der Waals surface area contributed by atoms with Crippen molar-refractivity contribution < 1.29 is 9.59 Å². The van der Waals surface area contributed by atoms with Crippen LogP contribution in [-0.4, -0.2) is 32.7 Å². The molecule has 1 fully saturated rings. The summed E-state index contributed by atoms with van der Waals surface area (Å²) in [5.74, 6) is 0.325. The maximum Gasteiger partial charge on any atom is 0.248 e. The third-order valence-electron chi connectivity index (χ3n) is 4.81. The van der Waals surface area contributed by atoms with Gasteiger partial charge in [0.25, 0.3) is 0 Å². The van der Waals surface area contributed by atoms with Crippen molar-refractivity contribution in [2.24, 2.45) is 0 Å². The summed E-state index contributed by atoms with van der Waals surface area (Å²) in [4.78, 5) is 34.2. The number of benzene rings is 1. The molecule has 0 radical (unpaired) electrons. The number of nitrogens with zero attached hydrogens (tertiary/aromatic N) is 2. The first-order valence-electron chi connectivity index (χ1n) is 8.70. The van der Waals surface area contributed by atoms with Crippen LogP contribution in [0.1, 0.15) is 24.0 Å². The van der Waals surface area contributed by atoms with Crippen molar-refractivity contribution in [3.8, 4) is 0 Å². The number of pyridine rings is 1. The molecule has 6 nitrogen and oxygen atoms in total. The van der Waals surface area contributed by atoms with Gasteiger partial charge in [-0.2, -0.15) is 0 Å². The van der Waals surface area contributed by atoms with Crippen LogP contribution in [0.4, 0.5) is 5.82 Å². The van der Waals surface area contributed by atoms with Crippen LogP contribution in [0.15, 0.2) is 48.8 Å². The summed E-state index contributed by atoms with van der Waals surface area (Å²) in [6, 6.07) is 11.2. The molecule has 6 heteroatoms. The molecule has 1 aromatic carbocycles. The molecule has 0 aliphatic carbocycles. The SMILES string of the molecule is Cc1ccc(NC(=O)[C@H]2CCC(=O)N2Cc2c[nH]c3ccccc23)nc1. The van der Waals surface area contributed by atoms with E-state index in [2.05, 4.69) is 15.3 Å². The lowest BCUT2D eigenvalue weighted by atomic mass is 10.1. The van der Waals surface area contributed by atoms with Gasteiger partial charge in [0.2, 0.25) is 11.8 Å². The van der Waals surface area contributed by atoms with Gasteiger partial charge in [0.15, 0.2) is 0 Å². The first-order valence-corrected chi connectivity index (χ1v) is 8.70. The summed E-state index contributed by atoms with van der Waals surface area (Å²) in [6.45, 7) is 2.36. The van der Waals surface area contributed by atoms with Gasteiger partial charge >= 0.3 is 0 Å². The number of fused-ring (bicyclic) bond motifs is 1. The highest BCUT2D eigenvalue weighted by Crippen LogP contribution is 2.26. The number of likely N-dealkylation sites (tertiary alicyclic amines) is 1. The number of nitrogens with one attached hydrogen (secondary N) is 2. The fourth-order valence-electron chi connectivity index (χ4n) is 3.40. The number of H-pyrrole nitrogens is 1. The zero-order valence-corrected chi connectivity index (χ0v) is 14.5. The topological polar surface area (TPSA) is 78.1 Å². The van der Waals surface area contributed by atoms with Crippen LogP contribution >= 0.6 is 0 Å². The van der Waals surface area contributed by atoms with E-state index in [-0.39, 0.29) is 11.8 Å². The molecule has 2 amide bonds. The van der Waals surface area contributed by atoms with E-state index in [1.807, 2.05) is 43.5 Å². The number of carbonyl (C=O) groups excluding carboxylic acids is 2. The lowest BCUT2D eigenvalue weighted by molar-refractivity contribution is -0.133. The molecule has 1 aliphatic rings. The second kappa shape index (κ2) is 6.63. The third kappa shape index (κ3) is 3.06. The minimum atomic E-state index is -0.473. The molecule has 0 bridgehead atoms. The second-order valence-electron chi connectivity index (χ2n) is 6.65. The summed E-state index contributed by atoms with van der Waals surface area (Å²) in [5, 5.41) is 3.90. The number of carbonyl (C=O) groups is 2. The quantitative estimate of drug-likeness (QED) is 0.761. The van der Waals surface area contributed by atoms with E-state index in [0.717, 1.165) is 22.0 Å². The van der Waals surface area contributed by atoms with Crippen molar-refractivity contribution in [1.29, 1.82) is 0 Å². The average molecular weight is 348 g/mol. The summed E-state index contributed by atoms with van der Waals surface area (Å²) >= 11 is 0. The molecule has 132 valence electrons. The molecule has 0 saturated carbocycles. The van der Waals surface area contributed by atoms with Crippen LogP contribution in [0.5, 0.6) is 0 Å². The number of hydrogen-bond donors (Lipinski definition) is 2. The Morgan fingerprint density at radius 2 is 2.15 bits per heavy atom. The van der Waals surface area contributed by atoms with Crippen LogP contribution in [0.2, 0.25) is 0 Å². The zero-order chi connectivity index (χ0) is 18.1. The van der Waals surface area contributed by atoms with E-state index >= 15 is 0 Å². The average Bonchev–Trinajstić information content (AvgIpc) is 3.22. The predicted molar refractivity (Wildman–Crippen MR) is 99.5 cm³/mol. The van der Waals surface area contributed by atoms with Gasteiger partial charge in [-0.25, -0.2) is 4.98 Å². The molecule has 3 aromatic rings. The number of aromatic amines is 1. The molecule has 3 heterocycles. The molecule has 0 unspecified atom stereocenters. The van der Waals surface area contributed by atoms with Gasteiger partial charge in [-0.15, -0.1) is 0 Å². The number of anilines is 1. The highest BCUT2D eigenvalue weighted by molar-refractivity contribution is 5.98. The monoisotopic (exact) mass is 348 g/mol. The molecule has 1 saturated heterocycles. The van der Waals surface area contributed by atoms with Gasteiger partial charge in [0, 0.05) is 36.3 Å². The maximum absolute atomic E-state index is 12.7. The normalized spacial score (nSPS) is 17.0. The minimum absolute atomic E-state index is 0.00676. The highest BCUT2D eigenvalue weighted by atomic mass is 16.2. The highest BCUT2D eigenvalue weighted by Gasteiger charge is 2.36. The van der Waals surface area contributed by atoms with E-state index in [4.69, 9.17) is 0 Å². The Morgan fingerprint density at radius 1 is 1.31 bits per heavy atom. The minimum Gasteiger partial charge on any atom is -0.361 e. The first kappa shape index (κ1) is 16.3. The number of aryl methyl sites for hydroxylation is 1. The van der Waals surface area contributed by atoms with Crippen molar-refractivity contribution in [3.05, 3.63) is 59.9 Å². The Kier molecular flexibility index (Phi) is 4.16. The van der Waals surface area contributed by atoms with Crippen molar-refractivity contribution in [3.63, 3.8) is 0 Å². The predicted octanol–water partition coefficient (Wildman–Crippen LogP) is 3.00. The molecule has 26 heavy (non-hydrogen) atoms. The summed E-state index contributed by atoms with van der Waals surface area (Å²) in [6.07, 6.45) is 4.53. The molecular formula is C20H20N4O2. The maximum atomic E-state index is 12.7. The fourth-order valence-corrected chi connectivity index (χ4v) is 3.40. The Bertz CT molecular complexity index is 961. The molecule has 2 N–H and O–H groups in total. The van der Waals surface area contributed by atoms with Crippen LogP contribution in [0, 0.1) is 6.92 Å². The van der Waals surface area contributed by atoms with Crippen molar-refractivity contribution in [1.82, 2.24) is 14.9 Å². The lowest BCUT2D eigenvalue weighted by Crippen LogP contribution is -2.41. The number of para-hydroxylation sites is 1. The first-order chi connectivity index (χ1) is 12.6. The fraction of sp³-hybridized carbons (Fsp3) is 0.250. The van der Waals surface area contributed by atoms with E-state index in [0.29, 0.717) is 25.2 Å². The van der Waals surface area contributed by atoms with Gasteiger partial charge in [0.1, 0.15) is 11.9 Å². The Morgan fingerprint density at radius 3 is 2.96 bits per heavy atom. The van der Waals surface area contributed by atoms with Gasteiger partial charge in [-0.3, -0.25) is 9.59 Å². The van der Waals surface area contributed by atoms with E-state index < -0.39 is 6.04 Å². The second-order valence-corrected chi connectivity index (χ2v) is 6.65. The zero-order valence-electron chi connectivity index (χ0n) is 14.5. The van der Waals surface area contributed by atoms with Gasteiger partial charge in [-0.05, 0) is 36.6 Å². The molecule has 2 aromatic heterocycles. The summed E-state index contributed by atoms with van der Waals surface area (Å²) < 4.78 is 0. The van der Waals surface area contributed by atoms with Crippen molar-refractivity contribution in [2.75, 3.05) is 5.32 Å². The van der Waals surface area contributed by atoms with Gasteiger partial charge < -0.3 is 15.2 Å². The number of aromatic nitrogens is 2. The molecule has 0 spiro atoms. The molecule has 1 atom stereocenters. The van der Waals surface area contributed by atoms with Crippen molar-refractivity contribution >= 4 is 28.5 Å². The van der Waals surface area contributed by atoms with Crippen LogP contribution in [0.3, 0.4) is 0 Å². The number of hydrogen-bond acceptors (Lipinski definition) is 3. The largest absolute Gasteiger partial charge is 0.361 e. The van der Waals surface area contributed by atoms with E-state index in [1.54, 1.807) is 17.2 Å². The van der Waals surface area contributed by atoms with Crippen LogP contribution in [-0.2, 0) is 16.1 Å². The smallest absolute Gasteiger partial charge is 0.248 e. The third-order valence-corrected chi connectivity index (χ3v) is 4.81. The van der Waals surface area contributed by atoms with Crippen molar-refractivity contribution in [2.45, 2.75) is 32.4 Å². The Hall–Kier alpha value is -3.15. The van der Waals surface area contributed by atoms with Gasteiger partial charge in [0.05, 0.1) is 0 Å². The van der Waals surface area contributed by atoms with E-state index in [9.17, 15) is 9.59 Å². The molecular weight excluding hydrogens is 328 g/mol. The Balaban J connectivity index is 1.53. The standard InChI is InChI=1S/C20H20N4O2/c1-13-6-8-18(22-10-13)23-20(26)17-7-9-19(25)24(17)12-14-11-21-16-5-3-2-4-15(14)16/h2-6,8,10-11,17,21H,7,9,12H2,1H3,(H,22,23,26)/t17-/m1/s1. The lowest BCUT2D eigenvalue weighted by Gasteiger charge is -2.23. The van der Waals surface area contributed by atoms with E-state index in [1.165, 1.54) is 0 Å².